The van der Waals surface area contributed by atoms with Gasteiger partial charge in [0, 0.05) is 0 Å². The second-order valence-corrected chi connectivity index (χ2v) is 6.32. The van der Waals surface area contributed by atoms with Crippen molar-refractivity contribution in [3.63, 3.8) is 0 Å². The van der Waals surface area contributed by atoms with Gasteiger partial charge < -0.3 is 4.90 Å². The van der Waals surface area contributed by atoms with Crippen molar-refractivity contribution in [2.24, 2.45) is 0 Å². The van der Waals surface area contributed by atoms with E-state index in [0.29, 0.717) is 0 Å². The van der Waals surface area contributed by atoms with E-state index < -0.39 is 8.80 Å². The van der Waals surface area contributed by atoms with Crippen LogP contribution in [0.5, 0.6) is 0 Å². The Morgan fingerprint density at radius 1 is 1.36 bits per heavy atom. The Morgan fingerprint density at radius 2 is 2.00 bits per heavy atom. The third-order valence-corrected chi connectivity index (χ3v) is 3.83. The predicted molar refractivity (Wildman–Crippen MR) is 55.8 cm³/mol. The Hall–Kier alpha value is -0.0831. The van der Waals surface area contributed by atoms with Gasteiger partial charge in [-0.3, -0.25) is 0 Å². The molecule has 0 spiro atoms. The van der Waals surface area contributed by atoms with Crippen molar-refractivity contribution in [1.29, 1.82) is 0 Å². The molecular formula is C9H21NSi. The normalized spacial score (nSPS) is 14.6. The van der Waals surface area contributed by atoms with Gasteiger partial charge in [0.15, 0.2) is 0 Å². The van der Waals surface area contributed by atoms with E-state index in [1.807, 2.05) is 0 Å². The lowest BCUT2D eigenvalue weighted by atomic mass is 10.5. The molecule has 0 aromatic rings. The fourth-order valence-electron chi connectivity index (χ4n) is 0.926. The zero-order valence-corrected chi connectivity index (χ0v) is 9.46. The van der Waals surface area contributed by atoms with Crippen LogP contribution in [0.3, 0.4) is 0 Å². The number of hydrogen-bond donors (Lipinski definition) is 0. The standard InChI is InChI=1S/C9H21NSi/c1-5-6-8-11(4)9-7-10(2)3/h6,8,11H,5,7,9H2,1-4H3. The van der Waals surface area contributed by atoms with Crippen LogP contribution in [0.2, 0.25) is 12.6 Å². The first-order valence-electron chi connectivity index (χ1n) is 4.48. The van der Waals surface area contributed by atoms with Crippen LogP contribution < -0.4 is 0 Å². The molecule has 0 saturated carbocycles. The van der Waals surface area contributed by atoms with Crippen LogP contribution in [0.15, 0.2) is 11.8 Å². The van der Waals surface area contributed by atoms with Gasteiger partial charge in [0.05, 0.1) is 8.80 Å². The molecular weight excluding hydrogens is 150 g/mol. The van der Waals surface area contributed by atoms with Crippen molar-refractivity contribution < 1.29 is 0 Å². The maximum atomic E-state index is 2.45. The van der Waals surface area contributed by atoms with Gasteiger partial charge >= 0.3 is 0 Å². The summed E-state index contributed by atoms with van der Waals surface area (Å²) in [5.74, 6) is 0. The first kappa shape index (κ1) is 10.9. The zero-order chi connectivity index (χ0) is 8.69. The van der Waals surface area contributed by atoms with Gasteiger partial charge in [0.1, 0.15) is 0 Å². The topological polar surface area (TPSA) is 3.24 Å². The van der Waals surface area contributed by atoms with Crippen molar-refractivity contribution in [2.45, 2.75) is 25.9 Å². The maximum absolute atomic E-state index is 2.45. The number of rotatable bonds is 5. The molecule has 0 aliphatic heterocycles. The molecule has 0 fully saturated rings. The van der Waals surface area contributed by atoms with E-state index in [-0.39, 0.29) is 0 Å². The first-order valence-corrected chi connectivity index (χ1v) is 7.12. The van der Waals surface area contributed by atoms with Crippen molar-refractivity contribution in [2.75, 3.05) is 20.6 Å². The van der Waals surface area contributed by atoms with E-state index in [1.165, 1.54) is 19.0 Å². The van der Waals surface area contributed by atoms with Crippen LogP contribution >= 0.6 is 0 Å². The lowest BCUT2D eigenvalue weighted by Gasteiger charge is -2.10. The van der Waals surface area contributed by atoms with Crippen LogP contribution in [0.1, 0.15) is 13.3 Å². The van der Waals surface area contributed by atoms with Crippen molar-refractivity contribution in [3.05, 3.63) is 11.8 Å². The summed E-state index contributed by atoms with van der Waals surface area (Å²) in [7, 11) is 3.79. The molecule has 1 nitrogen and oxygen atoms in total. The van der Waals surface area contributed by atoms with Gasteiger partial charge in [0.2, 0.25) is 0 Å². The van der Waals surface area contributed by atoms with Gasteiger partial charge in [-0.05, 0) is 33.1 Å². The average Bonchev–Trinajstić information content (AvgIpc) is 1.97. The summed E-state index contributed by atoms with van der Waals surface area (Å²) in [5.41, 5.74) is 2.45. The van der Waals surface area contributed by atoms with Gasteiger partial charge in [-0.15, -0.1) is 5.70 Å². The SMILES string of the molecule is CCC=C[SiH](C)CCN(C)C. The maximum Gasteiger partial charge on any atom is 0.0593 e. The summed E-state index contributed by atoms with van der Waals surface area (Å²) in [6.45, 7) is 5.86. The van der Waals surface area contributed by atoms with Crippen molar-refractivity contribution in [3.8, 4) is 0 Å². The second kappa shape index (κ2) is 6.62. The van der Waals surface area contributed by atoms with Crippen LogP contribution in [0.25, 0.3) is 0 Å². The third-order valence-electron chi connectivity index (χ3n) is 1.73. The zero-order valence-electron chi connectivity index (χ0n) is 8.30. The lowest BCUT2D eigenvalue weighted by molar-refractivity contribution is 0.432. The summed E-state index contributed by atoms with van der Waals surface area (Å²) in [6, 6.07) is 1.41. The van der Waals surface area contributed by atoms with Crippen molar-refractivity contribution >= 4 is 8.80 Å². The molecule has 0 heterocycles. The minimum Gasteiger partial charge on any atom is -0.310 e. The summed E-state index contributed by atoms with van der Waals surface area (Å²) in [6.07, 6.45) is 3.51. The molecule has 11 heavy (non-hydrogen) atoms. The van der Waals surface area contributed by atoms with Crippen molar-refractivity contribution in [1.82, 2.24) is 4.90 Å². The Morgan fingerprint density at radius 3 is 2.45 bits per heavy atom. The van der Waals surface area contributed by atoms with Gasteiger partial charge in [0.25, 0.3) is 0 Å². The average molecular weight is 171 g/mol. The largest absolute Gasteiger partial charge is 0.310 e. The number of nitrogens with zero attached hydrogens (tertiary/aromatic N) is 1. The molecule has 0 radical (unpaired) electrons. The lowest BCUT2D eigenvalue weighted by Crippen LogP contribution is -2.18. The third kappa shape index (κ3) is 7.82. The highest BCUT2D eigenvalue weighted by Gasteiger charge is 1.98. The van der Waals surface area contributed by atoms with Crippen LogP contribution in [-0.4, -0.2) is 34.3 Å². The summed E-state index contributed by atoms with van der Waals surface area (Å²) in [4.78, 5) is 2.27. The van der Waals surface area contributed by atoms with E-state index in [2.05, 4.69) is 44.2 Å². The van der Waals surface area contributed by atoms with E-state index in [9.17, 15) is 0 Å². The molecule has 0 aromatic heterocycles. The Balaban J connectivity index is 3.36. The van der Waals surface area contributed by atoms with Gasteiger partial charge in [-0.1, -0.05) is 19.5 Å². The fourth-order valence-corrected chi connectivity index (χ4v) is 2.78. The predicted octanol–water partition coefficient (Wildman–Crippen LogP) is 1.91. The molecule has 0 N–H and O–H groups in total. The van der Waals surface area contributed by atoms with Crippen LogP contribution in [0, 0.1) is 0 Å². The molecule has 0 bridgehead atoms. The highest BCUT2D eigenvalue weighted by molar-refractivity contribution is 6.62. The van der Waals surface area contributed by atoms with E-state index in [4.69, 9.17) is 0 Å². The first-order chi connectivity index (χ1) is 5.16. The van der Waals surface area contributed by atoms with E-state index in [1.54, 1.807) is 0 Å². The van der Waals surface area contributed by atoms with Gasteiger partial charge in [-0.25, -0.2) is 0 Å². The molecule has 0 saturated heterocycles. The minimum atomic E-state index is -0.498. The molecule has 0 amide bonds. The molecule has 0 rings (SSSR count). The Kier molecular flexibility index (Phi) is 6.57. The Bertz CT molecular complexity index is 110. The quantitative estimate of drug-likeness (QED) is 0.571. The molecule has 66 valence electrons. The molecule has 2 heteroatoms. The molecule has 1 atom stereocenters. The number of allylic oxidation sites excluding steroid dienone is 1. The molecule has 1 unspecified atom stereocenters. The molecule has 0 aromatic carbocycles. The fraction of sp³-hybridized carbons (Fsp3) is 0.778. The van der Waals surface area contributed by atoms with Crippen LogP contribution in [-0.2, 0) is 0 Å². The minimum absolute atomic E-state index is 0.498. The molecule has 0 aliphatic rings. The summed E-state index contributed by atoms with van der Waals surface area (Å²) >= 11 is 0. The van der Waals surface area contributed by atoms with Crippen LogP contribution in [0.4, 0.5) is 0 Å². The second-order valence-electron chi connectivity index (χ2n) is 3.41. The monoisotopic (exact) mass is 171 g/mol. The molecule has 0 aliphatic carbocycles. The Labute approximate surface area is 72.7 Å². The van der Waals surface area contributed by atoms with E-state index in [0.717, 1.165) is 0 Å². The number of hydrogen-bond acceptors (Lipinski definition) is 1. The highest BCUT2D eigenvalue weighted by atomic mass is 28.3. The van der Waals surface area contributed by atoms with Gasteiger partial charge in [-0.2, -0.15) is 0 Å². The summed E-state index contributed by atoms with van der Waals surface area (Å²) in [5, 5.41) is 0. The van der Waals surface area contributed by atoms with E-state index >= 15 is 0 Å². The highest BCUT2D eigenvalue weighted by Crippen LogP contribution is 1.95. The summed E-state index contributed by atoms with van der Waals surface area (Å²) < 4.78 is 0. The smallest absolute Gasteiger partial charge is 0.0593 e.